The predicted molar refractivity (Wildman–Crippen MR) is 94.7 cm³/mol. The Labute approximate surface area is 155 Å². The Morgan fingerprint density at radius 1 is 1.19 bits per heavy atom. The number of sulfonamides is 1. The molecule has 0 saturated heterocycles. The van der Waals surface area contributed by atoms with Crippen LogP contribution in [0.5, 0.6) is 5.75 Å². The number of imidazole rings is 1. The molecule has 9 heteroatoms. The zero-order chi connectivity index (χ0) is 19.6. The fraction of sp³-hybridized carbons (Fsp3) is 0.167. The number of methoxy groups -OCH3 is 1. The molecule has 3 aromatic rings. The molecule has 0 fully saturated rings. The molecule has 1 atom stereocenters. The molecule has 3 rings (SSSR count). The Hall–Kier alpha value is -2.78. The summed E-state index contributed by atoms with van der Waals surface area (Å²) in [5, 5.41) is 0. The molecule has 6 nitrogen and oxygen atoms in total. The number of aryl methyl sites for hydroxylation is 1. The second-order valence-corrected chi connectivity index (χ2v) is 7.48. The van der Waals surface area contributed by atoms with Gasteiger partial charge in [-0.05, 0) is 29.8 Å². The first-order valence-electron chi connectivity index (χ1n) is 7.90. The Bertz CT molecular complexity index is 1070. The fourth-order valence-corrected chi connectivity index (χ4v) is 3.90. The Morgan fingerprint density at radius 2 is 1.96 bits per heavy atom. The third-order valence-electron chi connectivity index (χ3n) is 4.00. The summed E-state index contributed by atoms with van der Waals surface area (Å²) in [5.41, 5.74) is 0.551. The lowest BCUT2D eigenvalue weighted by Crippen LogP contribution is -2.31. The minimum absolute atomic E-state index is 0.398. The number of ether oxygens (including phenoxy) is 1. The molecule has 27 heavy (non-hydrogen) atoms. The Kier molecular flexibility index (Phi) is 5.24. The summed E-state index contributed by atoms with van der Waals surface area (Å²) in [6, 6.07) is 8.16. The van der Waals surface area contributed by atoms with Crippen LogP contribution >= 0.6 is 0 Å². The lowest BCUT2D eigenvalue weighted by Gasteiger charge is -2.20. The fourth-order valence-electron chi connectivity index (χ4n) is 2.66. The molecule has 142 valence electrons. The number of nitrogens with zero attached hydrogens (tertiary/aromatic N) is 2. The van der Waals surface area contributed by atoms with Crippen LogP contribution in [-0.2, 0) is 17.1 Å². The van der Waals surface area contributed by atoms with Gasteiger partial charge in [0.15, 0.2) is 0 Å². The third kappa shape index (κ3) is 3.99. The number of hydrogen-bond acceptors (Lipinski definition) is 4. The molecule has 1 heterocycles. The van der Waals surface area contributed by atoms with Crippen molar-refractivity contribution in [3.8, 4) is 5.75 Å². The normalized spacial score (nSPS) is 12.7. The Morgan fingerprint density at radius 3 is 2.59 bits per heavy atom. The standard InChI is InChI=1S/C18H17F2N3O3S/c1-23-9-8-21-18(23)17(12-4-3-5-14(10-12)26-2)22-27(24,25)16-7-6-13(19)11-15(16)20/h3-11,17,22H,1-2H3. The summed E-state index contributed by atoms with van der Waals surface area (Å²) in [6.45, 7) is 0. The van der Waals surface area contributed by atoms with Crippen molar-refractivity contribution in [2.75, 3.05) is 7.11 Å². The molecule has 1 N–H and O–H groups in total. The first kappa shape index (κ1) is 19.0. The molecule has 1 aromatic heterocycles. The molecule has 0 bridgehead atoms. The van der Waals surface area contributed by atoms with E-state index in [1.54, 1.807) is 42.1 Å². The summed E-state index contributed by atoms with van der Waals surface area (Å²) in [5.74, 6) is -1.11. The van der Waals surface area contributed by atoms with E-state index in [-0.39, 0.29) is 0 Å². The molecule has 0 saturated carbocycles. The monoisotopic (exact) mass is 393 g/mol. The highest BCUT2D eigenvalue weighted by atomic mass is 32.2. The number of rotatable bonds is 6. The van der Waals surface area contributed by atoms with Gasteiger partial charge in [-0.3, -0.25) is 0 Å². The lowest BCUT2D eigenvalue weighted by molar-refractivity contribution is 0.413. The summed E-state index contributed by atoms with van der Waals surface area (Å²) in [4.78, 5) is 3.56. The molecule has 1 unspecified atom stereocenters. The van der Waals surface area contributed by atoms with Crippen molar-refractivity contribution in [1.82, 2.24) is 14.3 Å². The second-order valence-electron chi connectivity index (χ2n) is 5.80. The molecule has 2 aromatic carbocycles. The highest BCUT2D eigenvalue weighted by molar-refractivity contribution is 7.89. The van der Waals surface area contributed by atoms with Crippen molar-refractivity contribution < 1.29 is 21.9 Å². The van der Waals surface area contributed by atoms with Crippen LogP contribution in [0.4, 0.5) is 8.78 Å². The van der Waals surface area contributed by atoms with E-state index >= 15 is 0 Å². The van der Waals surface area contributed by atoms with Gasteiger partial charge in [0, 0.05) is 25.5 Å². The summed E-state index contributed by atoms with van der Waals surface area (Å²) >= 11 is 0. The van der Waals surface area contributed by atoms with Gasteiger partial charge in [-0.15, -0.1) is 0 Å². The van der Waals surface area contributed by atoms with Crippen LogP contribution in [0.2, 0.25) is 0 Å². The van der Waals surface area contributed by atoms with Crippen LogP contribution in [0.15, 0.2) is 59.8 Å². The Balaban J connectivity index is 2.07. The van der Waals surface area contributed by atoms with Crippen molar-refractivity contribution in [1.29, 1.82) is 0 Å². The molecule has 0 aliphatic rings. The van der Waals surface area contributed by atoms with Gasteiger partial charge >= 0.3 is 0 Å². The number of aromatic nitrogens is 2. The molecule has 0 aliphatic carbocycles. The molecular formula is C18H17F2N3O3S. The third-order valence-corrected chi connectivity index (χ3v) is 5.46. The summed E-state index contributed by atoms with van der Waals surface area (Å²) in [7, 11) is -1.10. The van der Waals surface area contributed by atoms with Crippen LogP contribution in [-0.4, -0.2) is 25.1 Å². The van der Waals surface area contributed by atoms with Gasteiger partial charge in [0.25, 0.3) is 0 Å². The van der Waals surface area contributed by atoms with Gasteiger partial charge in [0.05, 0.1) is 7.11 Å². The maximum atomic E-state index is 14.0. The van der Waals surface area contributed by atoms with Gasteiger partial charge < -0.3 is 9.30 Å². The van der Waals surface area contributed by atoms with E-state index in [9.17, 15) is 17.2 Å². The first-order valence-corrected chi connectivity index (χ1v) is 9.38. The minimum atomic E-state index is -4.30. The molecule has 0 aliphatic heterocycles. The quantitative estimate of drug-likeness (QED) is 0.699. The van der Waals surface area contributed by atoms with Crippen LogP contribution in [0.1, 0.15) is 17.4 Å². The van der Waals surface area contributed by atoms with Crippen molar-refractivity contribution >= 4 is 10.0 Å². The number of hydrogen-bond donors (Lipinski definition) is 1. The van der Waals surface area contributed by atoms with E-state index in [0.29, 0.717) is 23.2 Å². The molecular weight excluding hydrogens is 376 g/mol. The first-order chi connectivity index (χ1) is 12.8. The number of nitrogens with one attached hydrogen (secondary N) is 1. The van der Waals surface area contributed by atoms with Crippen molar-refractivity contribution in [2.45, 2.75) is 10.9 Å². The van der Waals surface area contributed by atoms with E-state index in [4.69, 9.17) is 4.74 Å². The van der Waals surface area contributed by atoms with Gasteiger partial charge in [0.1, 0.15) is 34.1 Å². The predicted octanol–water partition coefficient (Wildman–Crippen LogP) is 2.77. The van der Waals surface area contributed by atoms with E-state index in [1.165, 1.54) is 13.3 Å². The second kappa shape index (κ2) is 7.45. The molecule has 0 amide bonds. The van der Waals surface area contributed by atoms with Crippen LogP contribution in [0.3, 0.4) is 0 Å². The summed E-state index contributed by atoms with van der Waals surface area (Å²) < 4.78 is 62.0. The smallest absolute Gasteiger partial charge is 0.244 e. The average molecular weight is 393 g/mol. The van der Waals surface area contributed by atoms with E-state index in [2.05, 4.69) is 9.71 Å². The van der Waals surface area contributed by atoms with Gasteiger partial charge in [-0.25, -0.2) is 22.2 Å². The lowest BCUT2D eigenvalue weighted by atomic mass is 10.1. The van der Waals surface area contributed by atoms with Gasteiger partial charge in [-0.1, -0.05) is 12.1 Å². The average Bonchev–Trinajstić information content (AvgIpc) is 3.05. The zero-order valence-corrected chi connectivity index (χ0v) is 15.4. The maximum Gasteiger partial charge on any atom is 0.244 e. The maximum absolute atomic E-state index is 14.0. The number of benzene rings is 2. The largest absolute Gasteiger partial charge is 0.497 e. The van der Waals surface area contributed by atoms with Gasteiger partial charge in [-0.2, -0.15) is 4.72 Å². The van der Waals surface area contributed by atoms with Gasteiger partial charge in [0.2, 0.25) is 10.0 Å². The van der Waals surface area contributed by atoms with E-state index < -0.39 is 32.6 Å². The van der Waals surface area contributed by atoms with Crippen molar-refractivity contribution in [3.63, 3.8) is 0 Å². The zero-order valence-electron chi connectivity index (χ0n) is 14.6. The van der Waals surface area contributed by atoms with Crippen molar-refractivity contribution in [2.24, 2.45) is 7.05 Å². The minimum Gasteiger partial charge on any atom is -0.497 e. The van der Waals surface area contributed by atoms with Crippen LogP contribution < -0.4 is 9.46 Å². The highest BCUT2D eigenvalue weighted by Crippen LogP contribution is 2.27. The highest BCUT2D eigenvalue weighted by Gasteiger charge is 2.28. The molecule has 0 radical (unpaired) electrons. The van der Waals surface area contributed by atoms with Crippen LogP contribution in [0.25, 0.3) is 0 Å². The van der Waals surface area contributed by atoms with Crippen molar-refractivity contribution in [3.05, 3.63) is 77.9 Å². The van der Waals surface area contributed by atoms with E-state index in [0.717, 1.165) is 12.1 Å². The molecule has 0 spiro atoms. The SMILES string of the molecule is COc1cccc(C(NS(=O)(=O)c2ccc(F)cc2F)c2nccn2C)c1. The van der Waals surface area contributed by atoms with E-state index in [1.807, 2.05) is 0 Å². The summed E-state index contributed by atoms with van der Waals surface area (Å²) in [6.07, 6.45) is 3.19. The number of halogens is 2. The topological polar surface area (TPSA) is 73.2 Å². The van der Waals surface area contributed by atoms with Crippen LogP contribution in [0, 0.1) is 11.6 Å².